The minimum Gasteiger partial charge on any atom is -0.508 e. The first-order valence-electron chi connectivity index (χ1n) is 5.53. The number of rotatable bonds is 3. The molecule has 4 heteroatoms. The van der Waals surface area contributed by atoms with E-state index < -0.39 is 5.82 Å². The average Bonchev–Trinajstić information content (AvgIpc) is 2.29. The number of phenols is 1. The Balaban J connectivity index is 2.13. The van der Waals surface area contributed by atoms with Crippen molar-refractivity contribution >= 4 is 5.69 Å². The number of aromatic hydroxyl groups is 1. The zero-order valence-electron chi connectivity index (χ0n) is 9.87. The maximum absolute atomic E-state index is 13.4. The summed E-state index contributed by atoms with van der Waals surface area (Å²) in [6.45, 7) is 2.10. The van der Waals surface area contributed by atoms with Crippen molar-refractivity contribution in [3.05, 3.63) is 59.2 Å². The third kappa shape index (κ3) is 2.97. The molecule has 0 atom stereocenters. The number of halogens is 2. The number of hydrogen-bond donors (Lipinski definition) is 2. The molecule has 2 aromatic carbocycles. The molecule has 2 rings (SSSR count). The molecule has 2 aromatic rings. The summed E-state index contributed by atoms with van der Waals surface area (Å²) in [5.74, 6) is -1.02. The van der Waals surface area contributed by atoms with Gasteiger partial charge in [0.2, 0.25) is 0 Å². The van der Waals surface area contributed by atoms with Crippen LogP contribution in [0.5, 0.6) is 5.75 Å². The zero-order chi connectivity index (χ0) is 13.1. The fourth-order valence-corrected chi connectivity index (χ4v) is 1.71. The van der Waals surface area contributed by atoms with Crippen LogP contribution < -0.4 is 5.32 Å². The summed E-state index contributed by atoms with van der Waals surface area (Å²) in [7, 11) is 0. The molecule has 0 aliphatic carbocycles. The summed E-state index contributed by atoms with van der Waals surface area (Å²) >= 11 is 0. The largest absolute Gasteiger partial charge is 0.508 e. The molecule has 94 valence electrons. The Morgan fingerprint density at radius 2 is 1.89 bits per heavy atom. The molecule has 0 unspecified atom stereocenters. The Labute approximate surface area is 104 Å². The normalized spacial score (nSPS) is 10.4. The van der Waals surface area contributed by atoms with Crippen LogP contribution in [0.4, 0.5) is 14.5 Å². The van der Waals surface area contributed by atoms with Crippen molar-refractivity contribution in [1.82, 2.24) is 0 Å². The summed E-state index contributed by atoms with van der Waals surface area (Å²) in [6.07, 6.45) is 0. The van der Waals surface area contributed by atoms with E-state index in [1.165, 1.54) is 18.2 Å². The summed E-state index contributed by atoms with van der Waals surface area (Å²) in [5, 5.41) is 12.1. The monoisotopic (exact) mass is 249 g/mol. The van der Waals surface area contributed by atoms with Crippen LogP contribution in [-0.2, 0) is 6.54 Å². The van der Waals surface area contributed by atoms with Gasteiger partial charge in [-0.15, -0.1) is 0 Å². The number of nitrogens with one attached hydrogen (secondary N) is 1. The molecular weight excluding hydrogens is 236 g/mol. The van der Waals surface area contributed by atoms with E-state index in [1.807, 2.05) is 6.92 Å². The van der Waals surface area contributed by atoms with Gasteiger partial charge < -0.3 is 10.4 Å². The topological polar surface area (TPSA) is 32.3 Å². The van der Waals surface area contributed by atoms with Crippen molar-refractivity contribution in [2.75, 3.05) is 5.32 Å². The van der Waals surface area contributed by atoms with Crippen molar-refractivity contribution in [2.24, 2.45) is 0 Å². The first kappa shape index (κ1) is 12.4. The number of hydrogen-bond acceptors (Lipinski definition) is 2. The van der Waals surface area contributed by atoms with Crippen LogP contribution in [-0.4, -0.2) is 5.11 Å². The minimum atomic E-state index is -0.517. The Hall–Kier alpha value is -2.10. The first-order valence-corrected chi connectivity index (χ1v) is 5.53. The van der Waals surface area contributed by atoms with Crippen LogP contribution in [0.3, 0.4) is 0 Å². The third-order valence-electron chi connectivity index (χ3n) is 2.55. The molecule has 0 radical (unpaired) electrons. The molecule has 0 heterocycles. The molecule has 0 spiro atoms. The van der Waals surface area contributed by atoms with Crippen LogP contribution in [0.15, 0.2) is 36.4 Å². The highest BCUT2D eigenvalue weighted by molar-refractivity contribution is 5.47. The Kier molecular flexibility index (Phi) is 3.46. The van der Waals surface area contributed by atoms with Crippen molar-refractivity contribution < 1.29 is 13.9 Å². The van der Waals surface area contributed by atoms with E-state index in [4.69, 9.17) is 0 Å². The maximum Gasteiger partial charge on any atom is 0.146 e. The fourth-order valence-electron chi connectivity index (χ4n) is 1.71. The Morgan fingerprint density at radius 1 is 1.11 bits per heavy atom. The zero-order valence-corrected chi connectivity index (χ0v) is 9.87. The van der Waals surface area contributed by atoms with E-state index >= 15 is 0 Å². The quantitative estimate of drug-likeness (QED) is 0.871. The fraction of sp³-hybridized carbons (Fsp3) is 0.143. The predicted molar refractivity (Wildman–Crippen MR) is 66.5 cm³/mol. The summed E-state index contributed by atoms with van der Waals surface area (Å²) < 4.78 is 26.5. The lowest BCUT2D eigenvalue weighted by atomic mass is 10.2. The van der Waals surface area contributed by atoms with Gasteiger partial charge in [0.25, 0.3) is 0 Å². The van der Waals surface area contributed by atoms with Gasteiger partial charge in [0.05, 0.1) is 5.69 Å². The maximum atomic E-state index is 13.4. The summed E-state index contributed by atoms with van der Waals surface area (Å²) in [4.78, 5) is 0. The lowest BCUT2D eigenvalue weighted by Crippen LogP contribution is -2.02. The molecular formula is C14H13F2NO. The summed E-state index contributed by atoms with van der Waals surface area (Å²) in [6, 6.07) is 8.48. The van der Waals surface area contributed by atoms with Gasteiger partial charge in [0.15, 0.2) is 0 Å². The molecule has 0 fully saturated rings. The molecule has 0 saturated carbocycles. The highest BCUT2D eigenvalue weighted by Gasteiger charge is 2.03. The molecule has 0 amide bonds. The minimum absolute atomic E-state index is 0.142. The van der Waals surface area contributed by atoms with Crippen molar-refractivity contribution in [2.45, 2.75) is 13.5 Å². The molecule has 2 nitrogen and oxygen atoms in total. The van der Waals surface area contributed by atoms with E-state index in [9.17, 15) is 13.9 Å². The van der Waals surface area contributed by atoms with E-state index in [2.05, 4.69) is 5.32 Å². The lowest BCUT2D eigenvalue weighted by molar-refractivity contribution is 0.468. The van der Waals surface area contributed by atoms with Gasteiger partial charge in [0.1, 0.15) is 17.4 Å². The first-order chi connectivity index (χ1) is 8.54. The van der Waals surface area contributed by atoms with Gasteiger partial charge in [-0.25, -0.2) is 8.78 Å². The molecule has 0 saturated heterocycles. The van der Waals surface area contributed by atoms with Crippen LogP contribution >= 0.6 is 0 Å². The van der Waals surface area contributed by atoms with Crippen LogP contribution in [0.2, 0.25) is 0 Å². The van der Waals surface area contributed by atoms with E-state index in [0.29, 0.717) is 11.3 Å². The molecule has 0 aliphatic rings. The lowest BCUT2D eigenvalue weighted by Gasteiger charge is -2.09. The summed E-state index contributed by atoms with van der Waals surface area (Å²) in [5.41, 5.74) is 1.84. The molecule has 0 bridgehead atoms. The second-order valence-electron chi connectivity index (χ2n) is 4.15. The van der Waals surface area contributed by atoms with Gasteiger partial charge in [-0.05, 0) is 42.3 Å². The number of phenolic OH excluding ortho intramolecular Hbond substituents is 1. The van der Waals surface area contributed by atoms with Crippen molar-refractivity contribution in [1.29, 1.82) is 0 Å². The highest BCUT2D eigenvalue weighted by Crippen LogP contribution is 2.19. The van der Waals surface area contributed by atoms with Crippen LogP contribution in [0.1, 0.15) is 11.1 Å². The molecule has 0 aromatic heterocycles. The van der Waals surface area contributed by atoms with Crippen molar-refractivity contribution in [3.8, 4) is 5.75 Å². The van der Waals surface area contributed by atoms with Gasteiger partial charge in [-0.2, -0.15) is 0 Å². The van der Waals surface area contributed by atoms with Gasteiger partial charge in [-0.1, -0.05) is 6.07 Å². The van der Waals surface area contributed by atoms with Crippen LogP contribution in [0, 0.1) is 18.6 Å². The van der Waals surface area contributed by atoms with E-state index in [0.717, 1.165) is 11.6 Å². The standard InChI is InChI=1S/C14H13F2NO/c1-9-2-3-13(16)14(4-9)17-8-10-5-11(15)7-12(18)6-10/h2-7,17-18H,8H2,1H3. The van der Waals surface area contributed by atoms with Crippen molar-refractivity contribution in [3.63, 3.8) is 0 Å². The predicted octanol–water partition coefficient (Wildman–Crippen LogP) is 3.59. The smallest absolute Gasteiger partial charge is 0.146 e. The van der Waals surface area contributed by atoms with Gasteiger partial charge >= 0.3 is 0 Å². The molecule has 0 aliphatic heterocycles. The molecule has 18 heavy (non-hydrogen) atoms. The Morgan fingerprint density at radius 3 is 2.61 bits per heavy atom. The number of benzene rings is 2. The van der Waals surface area contributed by atoms with Gasteiger partial charge in [0, 0.05) is 12.6 Å². The second-order valence-corrected chi connectivity index (χ2v) is 4.15. The molecule has 2 N–H and O–H groups in total. The third-order valence-corrected chi connectivity index (χ3v) is 2.55. The van der Waals surface area contributed by atoms with Crippen LogP contribution in [0.25, 0.3) is 0 Å². The SMILES string of the molecule is Cc1ccc(F)c(NCc2cc(O)cc(F)c2)c1. The second kappa shape index (κ2) is 5.04. The Bertz CT molecular complexity index is 549. The number of anilines is 1. The number of aryl methyl sites for hydroxylation is 1. The van der Waals surface area contributed by atoms with E-state index in [-0.39, 0.29) is 18.1 Å². The van der Waals surface area contributed by atoms with Gasteiger partial charge in [-0.3, -0.25) is 0 Å². The average molecular weight is 249 g/mol. The highest BCUT2D eigenvalue weighted by atomic mass is 19.1. The van der Waals surface area contributed by atoms with E-state index in [1.54, 1.807) is 12.1 Å².